The fourth-order valence-corrected chi connectivity index (χ4v) is 3.87. The van der Waals surface area contributed by atoms with Gasteiger partial charge in [-0.15, -0.1) is 11.6 Å². The first-order chi connectivity index (χ1) is 14.2. The number of carbonyl (C=O) groups is 1. The summed E-state index contributed by atoms with van der Waals surface area (Å²) in [4.78, 5) is 25.6. The number of amides is 1. The number of carbonyl (C=O) groups excluding carboxylic acids is 1. The number of benzene rings is 1. The fraction of sp³-hybridized carbons (Fsp3) is 0.429. The molecule has 0 unspecified atom stereocenters. The summed E-state index contributed by atoms with van der Waals surface area (Å²) in [5.41, 5.74) is 2.22. The van der Waals surface area contributed by atoms with Gasteiger partial charge in [0.2, 0.25) is 5.91 Å². The Bertz CT molecular complexity index is 991. The van der Waals surface area contributed by atoms with Gasteiger partial charge in [0.25, 0.3) is 5.71 Å². The Labute approximate surface area is 174 Å². The first kappa shape index (κ1) is 19.6. The Balaban J connectivity index is 1.77. The van der Waals surface area contributed by atoms with Crippen LogP contribution in [0.1, 0.15) is 25.6 Å². The zero-order valence-electron chi connectivity index (χ0n) is 16.5. The molecule has 1 aromatic carbocycles. The molecule has 3 aromatic rings. The summed E-state index contributed by atoms with van der Waals surface area (Å²) in [5, 5.41) is 5.14. The number of alkyl halides is 1. The summed E-state index contributed by atoms with van der Waals surface area (Å²) < 4.78 is 5.62. The summed E-state index contributed by atoms with van der Waals surface area (Å²) in [6.07, 6.45) is 2.57. The fourth-order valence-electron chi connectivity index (χ4n) is 3.70. The summed E-state index contributed by atoms with van der Waals surface area (Å²) in [5.74, 6) is 1.58. The standard InChI is InChI=1S/C21H24ClN5O2/c1-2-7-16-23-20(27-11-6-10-26(12-13-27)17(28)14-22)18-19(25-29-21(18)24-16)15-8-4-3-5-9-15/h3-5,8-9H,2,6-7,10-14H2,1H3. The molecule has 152 valence electrons. The van der Waals surface area contributed by atoms with Crippen molar-refractivity contribution in [2.45, 2.75) is 26.2 Å². The minimum absolute atomic E-state index is 0.0161. The number of aryl methyl sites for hydroxylation is 1. The molecular formula is C21H24ClN5O2. The zero-order valence-corrected chi connectivity index (χ0v) is 17.2. The molecular weight excluding hydrogens is 390 g/mol. The molecule has 4 rings (SSSR count). The highest BCUT2D eigenvalue weighted by Crippen LogP contribution is 2.34. The first-order valence-corrected chi connectivity index (χ1v) is 10.5. The van der Waals surface area contributed by atoms with E-state index in [9.17, 15) is 4.79 Å². The number of anilines is 1. The second kappa shape index (κ2) is 8.78. The summed E-state index contributed by atoms with van der Waals surface area (Å²) in [6, 6.07) is 9.93. The van der Waals surface area contributed by atoms with Crippen LogP contribution in [0.5, 0.6) is 0 Å². The normalized spacial score (nSPS) is 15.0. The van der Waals surface area contributed by atoms with E-state index in [2.05, 4.69) is 22.0 Å². The third-order valence-corrected chi connectivity index (χ3v) is 5.38. The molecule has 0 saturated carbocycles. The third-order valence-electron chi connectivity index (χ3n) is 5.15. The second-order valence-corrected chi connectivity index (χ2v) is 7.41. The molecule has 1 saturated heterocycles. The van der Waals surface area contributed by atoms with Crippen molar-refractivity contribution in [2.75, 3.05) is 37.0 Å². The number of halogens is 1. The van der Waals surface area contributed by atoms with E-state index in [1.54, 1.807) is 0 Å². The highest BCUT2D eigenvalue weighted by Gasteiger charge is 2.25. The predicted octanol–water partition coefficient (Wildman–Crippen LogP) is 3.51. The van der Waals surface area contributed by atoms with Gasteiger partial charge < -0.3 is 14.3 Å². The Morgan fingerprint density at radius 2 is 1.97 bits per heavy atom. The largest absolute Gasteiger partial charge is 0.354 e. The topological polar surface area (TPSA) is 75.4 Å². The van der Waals surface area contributed by atoms with Crippen molar-refractivity contribution in [3.63, 3.8) is 0 Å². The number of aromatic nitrogens is 3. The van der Waals surface area contributed by atoms with Crippen molar-refractivity contribution in [3.8, 4) is 11.3 Å². The van der Waals surface area contributed by atoms with Gasteiger partial charge in [-0.25, -0.2) is 4.98 Å². The Hall–Kier alpha value is -2.67. The molecule has 8 heteroatoms. The van der Waals surface area contributed by atoms with Crippen LogP contribution in [0.3, 0.4) is 0 Å². The first-order valence-electron chi connectivity index (χ1n) is 10.0. The molecule has 3 heterocycles. The lowest BCUT2D eigenvalue weighted by atomic mass is 10.1. The van der Waals surface area contributed by atoms with Crippen LogP contribution in [-0.4, -0.2) is 58.0 Å². The monoisotopic (exact) mass is 413 g/mol. The molecule has 0 radical (unpaired) electrons. The van der Waals surface area contributed by atoms with Crippen LogP contribution in [0.2, 0.25) is 0 Å². The van der Waals surface area contributed by atoms with Gasteiger partial charge in [-0.05, 0) is 12.8 Å². The highest BCUT2D eigenvalue weighted by atomic mass is 35.5. The highest BCUT2D eigenvalue weighted by molar-refractivity contribution is 6.27. The quantitative estimate of drug-likeness (QED) is 0.596. The number of nitrogens with zero attached hydrogens (tertiary/aromatic N) is 5. The maximum Gasteiger partial charge on any atom is 0.263 e. The van der Waals surface area contributed by atoms with Gasteiger partial charge in [0, 0.05) is 38.2 Å². The van der Waals surface area contributed by atoms with Gasteiger partial charge in [-0.3, -0.25) is 4.79 Å². The van der Waals surface area contributed by atoms with Crippen LogP contribution in [-0.2, 0) is 11.2 Å². The van der Waals surface area contributed by atoms with E-state index in [0.717, 1.165) is 54.1 Å². The van der Waals surface area contributed by atoms with E-state index in [0.29, 0.717) is 25.3 Å². The van der Waals surface area contributed by atoms with E-state index in [1.165, 1.54) is 0 Å². The smallest absolute Gasteiger partial charge is 0.263 e. The van der Waals surface area contributed by atoms with Gasteiger partial charge in [0.15, 0.2) is 0 Å². The molecule has 7 nitrogen and oxygen atoms in total. The van der Waals surface area contributed by atoms with Crippen molar-refractivity contribution in [2.24, 2.45) is 0 Å². The van der Waals surface area contributed by atoms with Crippen LogP contribution in [0.15, 0.2) is 34.9 Å². The molecule has 1 fully saturated rings. The van der Waals surface area contributed by atoms with Gasteiger partial charge in [-0.2, -0.15) is 4.98 Å². The minimum atomic E-state index is -0.0250. The molecule has 2 aromatic heterocycles. The molecule has 1 aliphatic heterocycles. The number of fused-ring (bicyclic) bond motifs is 1. The van der Waals surface area contributed by atoms with Crippen molar-refractivity contribution in [1.82, 2.24) is 20.0 Å². The lowest BCUT2D eigenvalue weighted by molar-refractivity contribution is -0.128. The van der Waals surface area contributed by atoms with Gasteiger partial charge in [-0.1, -0.05) is 42.4 Å². The molecule has 0 N–H and O–H groups in total. The number of hydrogen-bond acceptors (Lipinski definition) is 6. The van der Waals surface area contributed by atoms with E-state index in [1.807, 2.05) is 35.2 Å². The average Bonchev–Trinajstić information content (AvgIpc) is 3.02. The summed E-state index contributed by atoms with van der Waals surface area (Å²) >= 11 is 5.75. The van der Waals surface area contributed by atoms with E-state index in [-0.39, 0.29) is 11.8 Å². The molecule has 0 aliphatic carbocycles. The lowest BCUT2D eigenvalue weighted by Gasteiger charge is -2.23. The molecule has 29 heavy (non-hydrogen) atoms. The van der Waals surface area contributed by atoms with Crippen molar-refractivity contribution < 1.29 is 9.32 Å². The van der Waals surface area contributed by atoms with E-state index < -0.39 is 0 Å². The summed E-state index contributed by atoms with van der Waals surface area (Å²) in [6.45, 7) is 4.90. The molecule has 0 bridgehead atoms. The van der Waals surface area contributed by atoms with Crippen molar-refractivity contribution in [3.05, 3.63) is 36.2 Å². The van der Waals surface area contributed by atoms with Crippen LogP contribution >= 0.6 is 11.6 Å². The minimum Gasteiger partial charge on any atom is -0.354 e. The number of hydrogen-bond donors (Lipinski definition) is 0. The van der Waals surface area contributed by atoms with Crippen LogP contribution in [0.25, 0.3) is 22.4 Å². The van der Waals surface area contributed by atoms with Crippen LogP contribution in [0, 0.1) is 0 Å². The van der Waals surface area contributed by atoms with Crippen LogP contribution in [0.4, 0.5) is 5.82 Å². The van der Waals surface area contributed by atoms with Crippen LogP contribution < -0.4 is 4.90 Å². The maximum atomic E-state index is 12.0. The predicted molar refractivity (Wildman–Crippen MR) is 113 cm³/mol. The van der Waals surface area contributed by atoms with E-state index >= 15 is 0 Å². The third kappa shape index (κ3) is 4.05. The van der Waals surface area contributed by atoms with Gasteiger partial charge in [0.05, 0.1) is 0 Å². The number of rotatable bonds is 5. The zero-order chi connectivity index (χ0) is 20.2. The molecule has 0 atom stereocenters. The maximum absolute atomic E-state index is 12.0. The van der Waals surface area contributed by atoms with E-state index in [4.69, 9.17) is 21.1 Å². The SMILES string of the molecule is CCCc1nc(N2CCCN(C(=O)CCl)CC2)c2c(-c3ccccc3)noc2n1. The van der Waals surface area contributed by atoms with Crippen molar-refractivity contribution in [1.29, 1.82) is 0 Å². The second-order valence-electron chi connectivity index (χ2n) is 7.15. The Morgan fingerprint density at radius 3 is 2.72 bits per heavy atom. The molecule has 1 aliphatic rings. The average molecular weight is 414 g/mol. The van der Waals surface area contributed by atoms with Gasteiger partial charge >= 0.3 is 0 Å². The van der Waals surface area contributed by atoms with Crippen molar-refractivity contribution >= 4 is 34.4 Å². The summed E-state index contributed by atoms with van der Waals surface area (Å²) in [7, 11) is 0. The molecule has 0 spiro atoms. The Kier molecular flexibility index (Phi) is 5.94. The van der Waals surface area contributed by atoms with Gasteiger partial charge in [0.1, 0.15) is 28.6 Å². The Morgan fingerprint density at radius 1 is 1.14 bits per heavy atom. The lowest BCUT2D eigenvalue weighted by Crippen LogP contribution is -2.36. The molecule has 1 amide bonds.